The van der Waals surface area contributed by atoms with Crippen molar-refractivity contribution < 1.29 is 37.7 Å². The maximum Gasteiger partial charge on any atom is 0.476 e. The van der Waals surface area contributed by atoms with E-state index in [4.69, 9.17) is 15.6 Å². The van der Waals surface area contributed by atoms with E-state index in [1.165, 1.54) is 24.3 Å². The molecule has 41 heavy (non-hydrogen) atoms. The van der Waals surface area contributed by atoms with Crippen LogP contribution in [0.4, 0.5) is 13.2 Å². The van der Waals surface area contributed by atoms with Crippen LogP contribution in [0.25, 0.3) is 0 Å². The summed E-state index contributed by atoms with van der Waals surface area (Å²) >= 11 is 0. The van der Waals surface area contributed by atoms with Crippen LogP contribution in [0.1, 0.15) is 40.7 Å². The first kappa shape index (κ1) is 29.2. The minimum atomic E-state index is -4.68. The van der Waals surface area contributed by atoms with E-state index < -0.39 is 17.8 Å². The third-order valence-corrected chi connectivity index (χ3v) is 6.76. The Morgan fingerprint density at radius 3 is 2.49 bits per heavy atom. The first-order chi connectivity index (χ1) is 19.4. The van der Waals surface area contributed by atoms with E-state index in [-0.39, 0.29) is 42.0 Å². The molecule has 5 N–H and O–H groups in total. The number of alkyl halides is 3. The number of carbonyl (C=O) groups is 3. The van der Waals surface area contributed by atoms with Crippen LogP contribution in [0.2, 0.25) is 0 Å². The van der Waals surface area contributed by atoms with E-state index in [9.17, 15) is 27.6 Å². The molecule has 0 aliphatic carbocycles. The van der Waals surface area contributed by atoms with Gasteiger partial charge in [0.15, 0.2) is 0 Å². The molecule has 0 bridgehead atoms. The Bertz CT molecular complexity index is 1430. The van der Waals surface area contributed by atoms with Gasteiger partial charge in [0.2, 0.25) is 11.8 Å². The quantitative estimate of drug-likeness (QED) is 0.328. The summed E-state index contributed by atoms with van der Waals surface area (Å²) in [5.41, 5.74) is 0.195. The molecule has 2 aliphatic heterocycles. The molecule has 2 fully saturated rings. The lowest BCUT2D eigenvalue weighted by Crippen LogP contribution is -2.47. The summed E-state index contributed by atoms with van der Waals surface area (Å²) in [4.78, 5) is 38.4. The van der Waals surface area contributed by atoms with Gasteiger partial charge >= 0.3 is 6.18 Å². The standard InChI is InChI=1S/C29H28F3N5O4/c1-17(21-14-26(38)35-15-21)36-28(40)19-4-5-20(16-37-12-2-3-27(37)39)24(13-19)41-22-8-6-18(7-9-22)23(33)10-11-25(34)29(30,31)32/h4-11,13,21,33-34H,1-3,12,14-16H2,(H,35,38)(H,36,40)/p+1/b11-10-,33-23?,34-25?. The highest BCUT2D eigenvalue weighted by Gasteiger charge is 2.37. The number of ether oxygens (including phenoxy) is 1. The Kier molecular flexibility index (Phi) is 8.70. The van der Waals surface area contributed by atoms with Crippen LogP contribution in [-0.2, 0) is 16.1 Å². The van der Waals surface area contributed by atoms with Gasteiger partial charge in [-0.05, 0) is 54.5 Å². The van der Waals surface area contributed by atoms with Crippen LogP contribution >= 0.6 is 0 Å². The number of rotatable bonds is 10. The predicted octanol–water partition coefficient (Wildman–Crippen LogP) is 2.67. The zero-order chi connectivity index (χ0) is 29.7. The molecule has 9 nitrogen and oxygen atoms in total. The maximum absolute atomic E-state index is 13.0. The summed E-state index contributed by atoms with van der Waals surface area (Å²) in [6, 6.07) is 11.0. The number of halogens is 3. The minimum Gasteiger partial charge on any atom is -0.457 e. The van der Waals surface area contributed by atoms with Crippen molar-refractivity contribution in [2.45, 2.75) is 32.0 Å². The predicted molar refractivity (Wildman–Crippen MR) is 144 cm³/mol. The van der Waals surface area contributed by atoms with Crippen molar-refractivity contribution in [3.05, 3.63) is 83.6 Å². The van der Waals surface area contributed by atoms with Crippen LogP contribution in [0, 0.1) is 11.3 Å². The molecular formula is C29H29F3N5O4+. The van der Waals surface area contributed by atoms with Crippen LogP contribution in [0.5, 0.6) is 11.5 Å². The number of allylic oxidation sites excluding steroid dienone is 2. The molecule has 4 rings (SSSR count). The third-order valence-electron chi connectivity index (χ3n) is 6.76. The highest BCUT2D eigenvalue weighted by molar-refractivity contribution is 6.10. The highest BCUT2D eigenvalue weighted by atomic mass is 19.4. The molecule has 2 aliphatic rings. The van der Waals surface area contributed by atoms with Crippen LogP contribution in [-0.4, -0.2) is 53.3 Å². The Labute approximate surface area is 234 Å². The molecule has 12 heteroatoms. The van der Waals surface area contributed by atoms with Gasteiger partial charge in [-0.3, -0.25) is 19.8 Å². The normalized spacial score (nSPS) is 17.0. The molecule has 0 aromatic heterocycles. The minimum absolute atomic E-state index is 0.0214. The SMILES string of the molecule is C=C(NC(=O)c1ccc(CN2CCCC2=O)c(Oc2ccc(C(=N)/C=C\C(=[NH2+])C(F)(F)F)cc2)c1)C1CNC(=O)C1. The van der Waals surface area contributed by atoms with Crippen molar-refractivity contribution >= 4 is 29.1 Å². The zero-order valence-corrected chi connectivity index (χ0v) is 22.0. The molecule has 0 saturated carbocycles. The van der Waals surface area contributed by atoms with Gasteiger partial charge in [-0.25, -0.2) is 0 Å². The molecule has 2 saturated heterocycles. The van der Waals surface area contributed by atoms with Crippen molar-refractivity contribution in [1.29, 1.82) is 5.41 Å². The third kappa shape index (κ3) is 7.47. The van der Waals surface area contributed by atoms with Gasteiger partial charge in [-0.2, -0.15) is 13.2 Å². The molecule has 2 aromatic carbocycles. The summed E-state index contributed by atoms with van der Waals surface area (Å²) in [6.07, 6.45) is -1.64. The Hall–Kier alpha value is -4.74. The largest absolute Gasteiger partial charge is 0.476 e. The Balaban J connectivity index is 1.52. The molecule has 214 valence electrons. The number of nitrogens with one attached hydrogen (secondary N) is 3. The molecule has 1 atom stereocenters. The number of benzene rings is 2. The maximum atomic E-state index is 13.0. The van der Waals surface area contributed by atoms with E-state index in [1.54, 1.807) is 23.1 Å². The molecule has 1 unspecified atom stereocenters. The molecule has 0 spiro atoms. The van der Waals surface area contributed by atoms with Gasteiger partial charge in [0.05, 0.1) is 5.71 Å². The summed E-state index contributed by atoms with van der Waals surface area (Å²) in [5, 5.41) is 18.4. The summed E-state index contributed by atoms with van der Waals surface area (Å²) in [6.45, 7) is 5.18. The van der Waals surface area contributed by atoms with Crippen LogP contribution in [0.3, 0.4) is 0 Å². The number of hydrogen-bond acceptors (Lipinski definition) is 5. The number of likely N-dealkylation sites (tertiary alicyclic amines) is 1. The molecule has 3 amide bonds. The van der Waals surface area contributed by atoms with Crippen LogP contribution in [0.15, 0.2) is 66.9 Å². The second-order valence-corrected chi connectivity index (χ2v) is 9.75. The first-order valence-corrected chi connectivity index (χ1v) is 12.8. The van der Waals surface area contributed by atoms with E-state index >= 15 is 0 Å². The van der Waals surface area contributed by atoms with E-state index in [0.29, 0.717) is 53.9 Å². The fraction of sp³-hybridized carbons (Fsp3) is 0.276. The highest BCUT2D eigenvalue weighted by Crippen LogP contribution is 2.30. The fourth-order valence-electron chi connectivity index (χ4n) is 4.36. The van der Waals surface area contributed by atoms with E-state index in [2.05, 4.69) is 17.2 Å². The second kappa shape index (κ2) is 12.2. The number of amides is 3. The molecule has 0 radical (unpaired) electrons. The smallest absolute Gasteiger partial charge is 0.457 e. The number of hydrogen-bond donors (Lipinski definition) is 4. The lowest BCUT2D eigenvalue weighted by molar-refractivity contribution is -0.165. The van der Waals surface area contributed by atoms with Crippen molar-refractivity contribution in [3.63, 3.8) is 0 Å². The topological polar surface area (TPSA) is 137 Å². The number of nitrogens with two attached hydrogens (primary N) is 1. The van der Waals surface area contributed by atoms with Crippen molar-refractivity contribution in [2.75, 3.05) is 13.1 Å². The second-order valence-electron chi connectivity index (χ2n) is 9.75. The van der Waals surface area contributed by atoms with Gasteiger partial charge in [-0.15, -0.1) is 0 Å². The average Bonchev–Trinajstić information content (AvgIpc) is 3.55. The van der Waals surface area contributed by atoms with Gasteiger partial charge in [-0.1, -0.05) is 12.6 Å². The Morgan fingerprint density at radius 2 is 1.88 bits per heavy atom. The van der Waals surface area contributed by atoms with Gasteiger partial charge in [0.25, 0.3) is 11.6 Å². The van der Waals surface area contributed by atoms with Gasteiger partial charge < -0.3 is 25.7 Å². The monoisotopic (exact) mass is 568 g/mol. The number of nitrogens with zero attached hydrogens (tertiary/aromatic N) is 1. The fourth-order valence-corrected chi connectivity index (χ4v) is 4.36. The summed E-state index contributed by atoms with van der Waals surface area (Å²) < 4.78 is 43.9. The van der Waals surface area contributed by atoms with Crippen molar-refractivity contribution in [2.24, 2.45) is 5.92 Å². The van der Waals surface area contributed by atoms with Gasteiger partial charge in [0.1, 0.15) is 11.5 Å². The lowest BCUT2D eigenvalue weighted by atomic mass is 10.0. The molecular weight excluding hydrogens is 539 g/mol. The van der Waals surface area contributed by atoms with Gasteiger partial charge in [0, 0.05) is 61.3 Å². The van der Waals surface area contributed by atoms with Crippen molar-refractivity contribution in [3.8, 4) is 11.5 Å². The lowest BCUT2D eigenvalue weighted by Gasteiger charge is -2.19. The molecule has 2 aromatic rings. The van der Waals surface area contributed by atoms with E-state index in [0.717, 1.165) is 12.5 Å². The Morgan fingerprint density at radius 1 is 1.17 bits per heavy atom. The number of carbonyl (C=O) groups excluding carboxylic acids is 3. The first-order valence-electron chi connectivity index (χ1n) is 12.8. The zero-order valence-electron chi connectivity index (χ0n) is 22.0. The average molecular weight is 569 g/mol. The van der Waals surface area contributed by atoms with E-state index in [1.807, 2.05) is 0 Å². The molecule has 2 heterocycles. The summed E-state index contributed by atoms with van der Waals surface area (Å²) in [5.74, 6) is -0.0589. The van der Waals surface area contributed by atoms with Crippen LogP contribution < -0.4 is 20.8 Å². The summed E-state index contributed by atoms with van der Waals surface area (Å²) in [7, 11) is 0. The van der Waals surface area contributed by atoms with Crippen molar-refractivity contribution in [1.82, 2.24) is 15.5 Å².